The lowest BCUT2D eigenvalue weighted by atomic mass is 9.79. The maximum atomic E-state index is 12.5. The lowest BCUT2D eigenvalue weighted by Gasteiger charge is -2.28. The van der Waals surface area contributed by atoms with Gasteiger partial charge in [-0.1, -0.05) is 53.6 Å². The summed E-state index contributed by atoms with van der Waals surface area (Å²) in [7, 11) is 0. The van der Waals surface area contributed by atoms with Gasteiger partial charge in [-0.2, -0.15) is 0 Å². The van der Waals surface area contributed by atoms with Gasteiger partial charge in [0.2, 0.25) is 5.91 Å². The smallest absolute Gasteiger partial charge is 0.412 e. The number of hydrogen-bond acceptors (Lipinski definition) is 3. The Hall–Kier alpha value is -3.05. The molecule has 0 bridgehead atoms. The molecule has 0 spiro atoms. The molecule has 1 heterocycles. The molecule has 2 aromatic carbocycles. The Labute approximate surface area is 225 Å². The summed E-state index contributed by atoms with van der Waals surface area (Å²) in [5.41, 5.74) is 5.02. The maximum absolute atomic E-state index is 12.5. The molecule has 196 valence electrons. The monoisotopic (exact) mass is 520 g/mol. The summed E-state index contributed by atoms with van der Waals surface area (Å²) in [5, 5.41) is 3.60. The Morgan fingerprint density at radius 3 is 2.43 bits per heavy atom. The van der Waals surface area contributed by atoms with Crippen molar-refractivity contribution < 1.29 is 14.3 Å². The fourth-order valence-corrected chi connectivity index (χ4v) is 5.22. The largest absolute Gasteiger partial charge is 0.444 e. The molecule has 1 aliphatic heterocycles. The van der Waals surface area contributed by atoms with Crippen molar-refractivity contribution in [2.24, 2.45) is 0 Å². The summed E-state index contributed by atoms with van der Waals surface area (Å²) < 4.78 is 5.50. The van der Waals surface area contributed by atoms with Gasteiger partial charge in [0.1, 0.15) is 5.60 Å². The summed E-state index contributed by atoms with van der Waals surface area (Å²) in [6, 6.07) is 16.1. The lowest BCUT2D eigenvalue weighted by molar-refractivity contribution is -0.128. The Bertz CT molecular complexity index is 1170. The normalized spacial score (nSPS) is 18.6. The van der Waals surface area contributed by atoms with Gasteiger partial charge in [0.15, 0.2) is 0 Å². The topological polar surface area (TPSA) is 58.6 Å². The number of hydrogen-bond donors (Lipinski definition) is 1. The highest BCUT2D eigenvalue weighted by atomic mass is 35.5. The number of carbonyl (C=O) groups excluding carboxylic acids is 2. The van der Waals surface area contributed by atoms with E-state index in [0.717, 1.165) is 44.2 Å². The van der Waals surface area contributed by atoms with Crippen LogP contribution in [-0.2, 0) is 16.1 Å². The van der Waals surface area contributed by atoms with E-state index in [1.165, 1.54) is 16.7 Å². The first-order valence-electron chi connectivity index (χ1n) is 13.2. The first-order valence-corrected chi connectivity index (χ1v) is 13.6. The molecule has 0 radical (unpaired) electrons. The van der Waals surface area contributed by atoms with Gasteiger partial charge in [0, 0.05) is 30.2 Å². The molecule has 1 N–H and O–H groups in total. The van der Waals surface area contributed by atoms with Crippen LogP contribution in [0.1, 0.15) is 81.9 Å². The van der Waals surface area contributed by atoms with E-state index in [1.54, 1.807) is 0 Å². The van der Waals surface area contributed by atoms with Gasteiger partial charge in [-0.3, -0.25) is 10.1 Å². The molecule has 5 nitrogen and oxygen atoms in total. The summed E-state index contributed by atoms with van der Waals surface area (Å²) in [4.78, 5) is 26.7. The first-order chi connectivity index (χ1) is 17.7. The zero-order valence-corrected chi connectivity index (χ0v) is 22.8. The standard InChI is InChI=1S/C31H37ClN2O3/c1-31(2,3)37-30(36)33-27(20-23-12-16-26(32)17-13-23)19-22-10-14-24(15-11-22)28-8-5-4-7-25(28)21-34-18-6-9-29(34)35/h4-5,7-8,12-13,16-17,19-20,24H,6,9-11,14-15,18,21H2,1-3H3,(H,33,36)/b22-19?,27-20-. The van der Waals surface area contributed by atoms with E-state index in [4.69, 9.17) is 16.3 Å². The van der Waals surface area contributed by atoms with Crippen LogP contribution in [0.5, 0.6) is 0 Å². The molecule has 37 heavy (non-hydrogen) atoms. The van der Waals surface area contributed by atoms with Gasteiger partial charge in [-0.15, -0.1) is 0 Å². The number of nitrogens with zero attached hydrogens (tertiary/aromatic N) is 1. The Kier molecular flexibility index (Phi) is 8.75. The van der Waals surface area contributed by atoms with Crippen LogP contribution in [0, 0.1) is 0 Å². The van der Waals surface area contributed by atoms with E-state index in [1.807, 2.05) is 56.0 Å². The highest BCUT2D eigenvalue weighted by molar-refractivity contribution is 6.30. The fourth-order valence-electron chi connectivity index (χ4n) is 5.09. The van der Waals surface area contributed by atoms with Gasteiger partial charge >= 0.3 is 6.09 Å². The number of alkyl carbamates (subject to hydrolysis) is 1. The molecule has 0 atom stereocenters. The molecule has 0 aromatic heterocycles. The van der Waals surface area contributed by atoms with Gasteiger partial charge in [-0.05, 0) is 99.8 Å². The van der Waals surface area contributed by atoms with Gasteiger partial charge in [0.05, 0.1) is 0 Å². The van der Waals surface area contributed by atoms with Crippen molar-refractivity contribution in [2.45, 2.75) is 77.4 Å². The van der Waals surface area contributed by atoms with Gasteiger partial charge < -0.3 is 9.64 Å². The third-order valence-electron chi connectivity index (χ3n) is 6.85. The molecular formula is C31H37ClN2O3. The van der Waals surface area contributed by atoms with Crippen molar-refractivity contribution in [1.82, 2.24) is 10.2 Å². The highest BCUT2D eigenvalue weighted by Crippen LogP contribution is 2.38. The number of likely N-dealkylation sites (tertiary alicyclic amines) is 1. The van der Waals surface area contributed by atoms with E-state index in [9.17, 15) is 9.59 Å². The molecule has 4 rings (SSSR count). The minimum Gasteiger partial charge on any atom is -0.444 e. The molecule has 2 aromatic rings. The number of halogens is 1. The average Bonchev–Trinajstić information content (AvgIpc) is 3.24. The molecule has 2 amide bonds. The number of rotatable bonds is 6. The van der Waals surface area contributed by atoms with Crippen LogP contribution in [0.4, 0.5) is 4.79 Å². The summed E-state index contributed by atoms with van der Waals surface area (Å²) in [6.45, 7) is 7.13. The lowest BCUT2D eigenvalue weighted by Crippen LogP contribution is -2.31. The highest BCUT2D eigenvalue weighted by Gasteiger charge is 2.25. The van der Waals surface area contributed by atoms with Crippen LogP contribution in [-0.4, -0.2) is 29.0 Å². The maximum Gasteiger partial charge on any atom is 0.412 e. The molecule has 2 aliphatic rings. The summed E-state index contributed by atoms with van der Waals surface area (Å²) >= 11 is 6.05. The van der Waals surface area contributed by atoms with Crippen LogP contribution < -0.4 is 5.32 Å². The summed E-state index contributed by atoms with van der Waals surface area (Å²) in [5.74, 6) is 0.731. The second kappa shape index (κ2) is 12.0. The van der Waals surface area contributed by atoms with Crippen molar-refractivity contribution in [1.29, 1.82) is 0 Å². The minimum atomic E-state index is -0.576. The summed E-state index contributed by atoms with van der Waals surface area (Å²) in [6.07, 6.45) is 9.18. The van der Waals surface area contributed by atoms with Crippen molar-refractivity contribution in [3.8, 4) is 0 Å². The molecule has 2 fully saturated rings. The number of allylic oxidation sites excluding steroid dienone is 2. The average molecular weight is 521 g/mol. The molecule has 0 unspecified atom stereocenters. The van der Waals surface area contributed by atoms with Crippen molar-refractivity contribution in [3.05, 3.63) is 87.6 Å². The quantitative estimate of drug-likeness (QED) is 0.426. The minimum absolute atomic E-state index is 0.265. The first kappa shape index (κ1) is 27.0. The van der Waals surface area contributed by atoms with Crippen LogP contribution in [0.3, 0.4) is 0 Å². The number of carbonyl (C=O) groups is 2. The van der Waals surface area contributed by atoms with Crippen molar-refractivity contribution >= 4 is 29.7 Å². The second-order valence-electron chi connectivity index (χ2n) is 11.0. The Morgan fingerprint density at radius 1 is 1.08 bits per heavy atom. The van der Waals surface area contributed by atoms with Gasteiger partial charge in [-0.25, -0.2) is 4.79 Å². The molecule has 1 saturated carbocycles. The van der Waals surface area contributed by atoms with Crippen LogP contribution in [0.15, 0.2) is 65.9 Å². The Balaban J connectivity index is 1.47. The van der Waals surface area contributed by atoms with E-state index in [-0.39, 0.29) is 5.91 Å². The molecular weight excluding hydrogens is 484 g/mol. The van der Waals surface area contributed by atoms with Crippen molar-refractivity contribution in [2.75, 3.05) is 6.54 Å². The Morgan fingerprint density at radius 2 is 1.78 bits per heavy atom. The van der Waals surface area contributed by atoms with E-state index >= 15 is 0 Å². The van der Waals surface area contributed by atoms with Crippen LogP contribution >= 0.6 is 11.6 Å². The number of ether oxygens (including phenoxy) is 1. The fraction of sp³-hybridized carbons (Fsp3) is 0.419. The predicted molar refractivity (Wildman–Crippen MR) is 149 cm³/mol. The number of benzene rings is 2. The van der Waals surface area contributed by atoms with E-state index in [2.05, 4.69) is 35.7 Å². The number of nitrogens with one attached hydrogen (secondary N) is 1. The van der Waals surface area contributed by atoms with Gasteiger partial charge in [0.25, 0.3) is 0 Å². The third-order valence-corrected chi connectivity index (χ3v) is 7.10. The zero-order valence-electron chi connectivity index (χ0n) is 22.1. The van der Waals surface area contributed by atoms with Crippen LogP contribution in [0.2, 0.25) is 5.02 Å². The molecule has 1 saturated heterocycles. The predicted octanol–water partition coefficient (Wildman–Crippen LogP) is 7.61. The van der Waals surface area contributed by atoms with E-state index in [0.29, 0.717) is 29.6 Å². The van der Waals surface area contributed by atoms with Crippen molar-refractivity contribution in [3.63, 3.8) is 0 Å². The second-order valence-corrected chi connectivity index (χ2v) is 11.4. The number of amides is 2. The molecule has 6 heteroatoms. The third kappa shape index (κ3) is 7.96. The zero-order chi connectivity index (χ0) is 26.4. The SMILES string of the molecule is CC(C)(C)OC(=O)N/C(C=C1CCC(c2ccccc2CN2CCCC2=O)CC1)=C\c1ccc(Cl)cc1. The molecule has 1 aliphatic carbocycles. The van der Waals surface area contributed by atoms with Crippen LogP contribution in [0.25, 0.3) is 6.08 Å². The van der Waals surface area contributed by atoms with E-state index < -0.39 is 11.7 Å².